The van der Waals surface area contributed by atoms with Crippen molar-refractivity contribution in [3.63, 3.8) is 0 Å². The molecule has 0 fully saturated rings. The van der Waals surface area contributed by atoms with Crippen molar-refractivity contribution in [2.45, 2.75) is 123 Å². The number of aryl methyl sites for hydroxylation is 1. The number of hydrogen-bond donors (Lipinski definition) is 1. The maximum atomic E-state index is 12.6. The van der Waals surface area contributed by atoms with Crippen LogP contribution in [0.2, 0.25) is 0 Å². The van der Waals surface area contributed by atoms with Gasteiger partial charge in [0.1, 0.15) is 5.82 Å². The van der Waals surface area contributed by atoms with Crippen molar-refractivity contribution in [2.24, 2.45) is 0 Å². The van der Waals surface area contributed by atoms with Crippen LogP contribution in [0.25, 0.3) is 11.0 Å². The molecule has 0 aliphatic carbocycles. The number of fused-ring (bicyclic) bond motifs is 1. The molecule has 0 saturated heterocycles. The Balaban J connectivity index is 1.30. The third kappa shape index (κ3) is 10.9. The van der Waals surface area contributed by atoms with Crippen LogP contribution < -0.4 is 5.32 Å². The molecule has 0 radical (unpaired) electrons. The highest BCUT2D eigenvalue weighted by atomic mass is 79.9. The van der Waals surface area contributed by atoms with Gasteiger partial charge in [0.2, 0.25) is 0 Å². The summed E-state index contributed by atoms with van der Waals surface area (Å²) in [5.74, 6) is 0.850. The Bertz CT molecular complexity index is 1080. The highest BCUT2D eigenvalue weighted by Gasteiger charge is 2.12. The maximum absolute atomic E-state index is 12.6. The minimum absolute atomic E-state index is 0.0766. The quantitative estimate of drug-likeness (QED) is 0.135. The number of para-hydroxylation sites is 2. The van der Waals surface area contributed by atoms with E-state index in [1.54, 1.807) is 0 Å². The van der Waals surface area contributed by atoms with E-state index in [2.05, 4.69) is 50.9 Å². The molecule has 1 heterocycles. The van der Waals surface area contributed by atoms with Gasteiger partial charge in [-0.15, -0.1) is 0 Å². The summed E-state index contributed by atoms with van der Waals surface area (Å²) in [6, 6.07) is 15.8. The fourth-order valence-electron chi connectivity index (χ4n) is 5.22. The number of rotatable bonds is 20. The van der Waals surface area contributed by atoms with Crippen LogP contribution in [0.4, 0.5) is 0 Å². The monoisotopic (exact) mass is 581 g/mol. The molecule has 0 bridgehead atoms. The van der Waals surface area contributed by atoms with E-state index in [9.17, 15) is 4.79 Å². The number of aromatic nitrogens is 2. The molecule has 2 aromatic carbocycles. The van der Waals surface area contributed by atoms with Crippen LogP contribution in [-0.2, 0) is 13.1 Å². The first-order chi connectivity index (χ1) is 18.7. The van der Waals surface area contributed by atoms with Crippen LogP contribution in [0, 0.1) is 0 Å². The van der Waals surface area contributed by atoms with Crippen molar-refractivity contribution in [1.29, 1.82) is 0 Å². The summed E-state index contributed by atoms with van der Waals surface area (Å²) in [5.41, 5.74) is 2.80. The van der Waals surface area contributed by atoms with Crippen molar-refractivity contribution in [1.82, 2.24) is 14.9 Å². The molecule has 38 heavy (non-hydrogen) atoms. The zero-order valence-electron chi connectivity index (χ0n) is 23.5. The first kappa shape index (κ1) is 30.4. The molecule has 0 aliphatic heterocycles. The van der Waals surface area contributed by atoms with Crippen LogP contribution in [0.5, 0.6) is 0 Å². The number of nitrogens with one attached hydrogen (secondary N) is 1. The van der Waals surface area contributed by atoms with Crippen LogP contribution in [0.3, 0.4) is 0 Å². The largest absolute Gasteiger partial charge is 0.345 e. The topological polar surface area (TPSA) is 46.9 Å². The first-order valence-electron chi connectivity index (χ1n) is 15.2. The van der Waals surface area contributed by atoms with Gasteiger partial charge in [0, 0.05) is 16.6 Å². The zero-order chi connectivity index (χ0) is 26.8. The minimum Gasteiger partial charge on any atom is -0.345 e. The molecular weight excluding hydrogens is 534 g/mol. The number of amides is 1. The number of unbranched alkanes of at least 4 members (excludes halogenated alkanes) is 15. The third-order valence-electron chi connectivity index (χ3n) is 7.46. The van der Waals surface area contributed by atoms with Gasteiger partial charge in [-0.25, -0.2) is 4.98 Å². The minimum atomic E-state index is -0.0766. The van der Waals surface area contributed by atoms with Gasteiger partial charge in [0.05, 0.1) is 17.6 Å². The van der Waals surface area contributed by atoms with Gasteiger partial charge < -0.3 is 9.88 Å². The zero-order valence-corrected chi connectivity index (χ0v) is 25.1. The van der Waals surface area contributed by atoms with Crippen molar-refractivity contribution >= 4 is 32.9 Å². The summed E-state index contributed by atoms with van der Waals surface area (Å²) >= 11 is 3.44. The van der Waals surface area contributed by atoms with Gasteiger partial charge in [0.15, 0.2) is 0 Å². The molecule has 4 nitrogen and oxygen atoms in total. The predicted octanol–water partition coefficient (Wildman–Crippen LogP) is 9.99. The Morgan fingerprint density at radius 1 is 0.763 bits per heavy atom. The molecule has 0 unspecified atom stereocenters. The fourth-order valence-corrected chi connectivity index (χ4v) is 5.62. The number of carbonyl (C=O) groups excluding carboxylic acids is 1. The van der Waals surface area contributed by atoms with E-state index in [0.29, 0.717) is 12.1 Å². The van der Waals surface area contributed by atoms with Crippen LogP contribution in [0.15, 0.2) is 53.0 Å². The van der Waals surface area contributed by atoms with E-state index < -0.39 is 0 Å². The molecule has 3 rings (SSSR count). The van der Waals surface area contributed by atoms with Crippen molar-refractivity contribution in [3.05, 3.63) is 64.4 Å². The average Bonchev–Trinajstić information content (AvgIpc) is 3.28. The summed E-state index contributed by atoms with van der Waals surface area (Å²) in [7, 11) is 0. The number of benzene rings is 2. The second-order valence-corrected chi connectivity index (χ2v) is 11.6. The van der Waals surface area contributed by atoms with Crippen molar-refractivity contribution in [2.75, 3.05) is 0 Å². The molecular formula is C33H48BrN3O. The molecule has 1 amide bonds. The highest BCUT2D eigenvalue weighted by Crippen LogP contribution is 2.19. The van der Waals surface area contributed by atoms with Gasteiger partial charge >= 0.3 is 0 Å². The molecule has 5 heteroatoms. The summed E-state index contributed by atoms with van der Waals surface area (Å²) in [6.07, 6.45) is 22.0. The highest BCUT2D eigenvalue weighted by molar-refractivity contribution is 9.10. The summed E-state index contributed by atoms with van der Waals surface area (Å²) in [6.45, 7) is 3.66. The van der Waals surface area contributed by atoms with E-state index in [4.69, 9.17) is 4.98 Å². The molecule has 0 saturated carbocycles. The van der Waals surface area contributed by atoms with Gasteiger partial charge in [0.25, 0.3) is 5.91 Å². The first-order valence-corrected chi connectivity index (χ1v) is 16.0. The lowest BCUT2D eigenvalue weighted by Gasteiger charge is -2.11. The molecule has 1 aromatic heterocycles. The van der Waals surface area contributed by atoms with Gasteiger partial charge in [-0.2, -0.15) is 0 Å². The number of hydrogen-bond acceptors (Lipinski definition) is 2. The van der Waals surface area contributed by atoms with E-state index in [0.717, 1.165) is 34.3 Å². The fraction of sp³-hybridized carbons (Fsp3) is 0.576. The van der Waals surface area contributed by atoms with Crippen molar-refractivity contribution in [3.8, 4) is 0 Å². The van der Waals surface area contributed by atoms with Crippen LogP contribution in [-0.4, -0.2) is 15.5 Å². The number of imidazole rings is 1. The number of carbonyl (C=O) groups is 1. The number of halogens is 1. The van der Waals surface area contributed by atoms with E-state index in [1.165, 1.54) is 96.3 Å². The predicted molar refractivity (Wildman–Crippen MR) is 165 cm³/mol. The molecule has 0 aliphatic rings. The molecule has 3 aromatic rings. The SMILES string of the molecule is CCCCCCCCCCCCCCCCCCn1c(CNC(=O)c2cccc(Br)c2)nc2ccccc21. The smallest absolute Gasteiger partial charge is 0.251 e. The Kier molecular flexibility index (Phi) is 14.6. The Morgan fingerprint density at radius 2 is 1.34 bits per heavy atom. The lowest BCUT2D eigenvalue weighted by Crippen LogP contribution is -2.24. The molecule has 1 N–H and O–H groups in total. The van der Waals surface area contributed by atoms with Crippen molar-refractivity contribution < 1.29 is 4.79 Å². The average molecular weight is 583 g/mol. The standard InChI is InChI=1S/C33H48BrN3O/c1-2-3-4-5-6-7-8-9-10-11-12-13-14-15-16-19-25-37-31-24-18-17-23-30(31)36-32(37)27-35-33(38)28-21-20-22-29(34)26-28/h17-18,20-24,26H,2-16,19,25,27H2,1H3,(H,35,38). The molecule has 0 spiro atoms. The lowest BCUT2D eigenvalue weighted by molar-refractivity contribution is 0.0949. The third-order valence-corrected chi connectivity index (χ3v) is 7.96. The second kappa shape index (κ2) is 18.2. The normalized spacial score (nSPS) is 11.3. The summed E-state index contributed by atoms with van der Waals surface area (Å²) in [4.78, 5) is 17.5. The number of nitrogens with zero attached hydrogens (tertiary/aromatic N) is 2. The van der Waals surface area contributed by atoms with Gasteiger partial charge in [-0.1, -0.05) is 137 Å². The van der Waals surface area contributed by atoms with E-state index in [-0.39, 0.29) is 5.91 Å². The lowest BCUT2D eigenvalue weighted by atomic mass is 10.0. The Morgan fingerprint density at radius 3 is 1.95 bits per heavy atom. The van der Waals surface area contributed by atoms with Crippen LogP contribution >= 0.6 is 15.9 Å². The summed E-state index contributed by atoms with van der Waals surface area (Å²) in [5, 5.41) is 3.06. The second-order valence-electron chi connectivity index (χ2n) is 10.7. The van der Waals surface area contributed by atoms with E-state index in [1.807, 2.05) is 30.3 Å². The van der Waals surface area contributed by atoms with Gasteiger partial charge in [-0.05, 0) is 36.8 Å². The Labute approximate surface area is 239 Å². The van der Waals surface area contributed by atoms with Gasteiger partial charge in [-0.3, -0.25) is 4.79 Å². The maximum Gasteiger partial charge on any atom is 0.251 e. The molecule has 208 valence electrons. The van der Waals surface area contributed by atoms with Crippen LogP contribution in [0.1, 0.15) is 126 Å². The Hall–Kier alpha value is -2.14. The van der Waals surface area contributed by atoms with E-state index >= 15 is 0 Å². The summed E-state index contributed by atoms with van der Waals surface area (Å²) < 4.78 is 3.20. The molecule has 0 atom stereocenters.